The highest BCUT2D eigenvalue weighted by molar-refractivity contribution is 5.90. The van der Waals surface area contributed by atoms with Crippen molar-refractivity contribution < 1.29 is 18.3 Å². The molecule has 3 nitrogen and oxygen atoms in total. The van der Waals surface area contributed by atoms with Crippen molar-refractivity contribution in [3.05, 3.63) is 82.6 Å². The zero-order valence-electron chi connectivity index (χ0n) is 13.1. The first kappa shape index (κ1) is 17.4. The quantitative estimate of drug-likeness (QED) is 0.599. The maximum Gasteiger partial charge on any atom is 0.343 e. The molecule has 0 fully saturated rings. The third-order valence-corrected chi connectivity index (χ3v) is 3.26. The summed E-state index contributed by atoms with van der Waals surface area (Å²) in [6.07, 6.45) is 2.32. The highest BCUT2D eigenvalue weighted by Crippen LogP contribution is 2.19. The van der Waals surface area contributed by atoms with E-state index in [4.69, 9.17) is 10.00 Å². The number of rotatable bonds is 5. The second-order valence-corrected chi connectivity index (χ2v) is 5.06. The van der Waals surface area contributed by atoms with Crippen molar-refractivity contribution in [2.24, 2.45) is 0 Å². The number of benzene rings is 2. The topological polar surface area (TPSA) is 50.1 Å². The van der Waals surface area contributed by atoms with E-state index in [9.17, 15) is 13.6 Å². The number of esters is 1. The number of allylic oxidation sites excluding steroid dienone is 2. The van der Waals surface area contributed by atoms with Gasteiger partial charge in [-0.1, -0.05) is 25.1 Å². The first-order valence-corrected chi connectivity index (χ1v) is 7.39. The summed E-state index contributed by atoms with van der Waals surface area (Å²) in [6, 6.07) is 12.1. The number of hydrogen-bond donors (Lipinski definition) is 0. The summed E-state index contributed by atoms with van der Waals surface area (Å²) in [5.74, 6) is -2.10. The number of hydrogen-bond acceptors (Lipinski definition) is 3. The average molecular weight is 327 g/mol. The van der Waals surface area contributed by atoms with Crippen LogP contribution in [0.25, 0.3) is 0 Å². The second kappa shape index (κ2) is 8.02. The van der Waals surface area contributed by atoms with Crippen molar-refractivity contribution in [1.29, 1.82) is 5.26 Å². The molecular weight excluding hydrogens is 312 g/mol. The van der Waals surface area contributed by atoms with E-state index >= 15 is 0 Å². The SMILES string of the molecule is CCC=C(Cc1cc(F)c(C#N)c(F)c1)OC(=O)c1ccccc1. The molecule has 0 heterocycles. The van der Waals surface area contributed by atoms with Crippen LogP contribution in [0.3, 0.4) is 0 Å². The molecule has 0 saturated carbocycles. The number of carbonyl (C=O) groups excluding carboxylic acids is 1. The minimum atomic E-state index is -0.933. The van der Waals surface area contributed by atoms with Gasteiger partial charge in [-0.05, 0) is 42.3 Å². The summed E-state index contributed by atoms with van der Waals surface area (Å²) in [5.41, 5.74) is 0.0438. The van der Waals surface area contributed by atoms with Gasteiger partial charge < -0.3 is 4.74 Å². The van der Waals surface area contributed by atoms with Gasteiger partial charge in [0.25, 0.3) is 0 Å². The van der Waals surface area contributed by atoms with Crippen molar-refractivity contribution >= 4 is 5.97 Å². The van der Waals surface area contributed by atoms with E-state index < -0.39 is 23.2 Å². The van der Waals surface area contributed by atoms with Crippen LogP contribution in [0.4, 0.5) is 8.78 Å². The van der Waals surface area contributed by atoms with Gasteiger partial charge in [-0.25, -0.2) is 13.6 Å². The van der Waals surface area contributed by atoms with Crippen molar-refractivity contribution in [1.82, 2.24) is 0 Å². The molecule has 5 heteroatoms. The number of nitriles is 1. The number of halogens is 2. The summed E-state index contributed by atoms with van der Waals surface area (Å²) in [4.78, 5) is 12.1. The lowest BCUT2D eigenvalue weighted by atomic mass is 10.1. The Bertz CT molecular complexity index is 785. The van der Waals surface area contributed by atoms with Crippen LogP contribution in [0.2, 0.25) is 0 Å². The molecule has 24 heavy (non-hydrogen) atoms. The number of carbonyl (C=O) groups is 1. The largest absolute Gasteiger partial charge is 0.427 e. The van der Waals surface area contributed by atoms with Gasteiger partial charge in [0.15, 0.2) is 0 Å². The van der Waals surface area contributed by atoms with Crippen LogP contribution in [0, 0.1) is 23.0 Å². The fourth-order valence-corrected chi connectivity index (χ4v) is 2.17. The van der Waals surface area contributed by atoms with Crippen molar-refractivity contribution in [3.63, 3.8) is 0 Å². The molecule has 0 bridgehead atoms. The van der Waals surface area contributed by atoms with Crippen LogP contribution in [0.15, 0.2) is 54.3 Å². The summed E-state index contributed by atoms with van der Waals surface area (Å²) in [7, 11) is 0. The van der Waals surface area contributed by atoms with Gasteiger partial charge in [-0.2, -0.15) is 5.26 Å². The molecule has 0 spiro atoms. The fourth-order valence-electron chi connectivity index (χ4n) is 2.17. The molecule has 122 valence electrons. The first-order chi connectivity index (χ1) is 11.5. The highest BCUT2D eigenvalue weighted by Gasteiger charge is 2.14. The third-order valence-electron chi connectivity index (χ3n) is 3.26. The van der Waals surface area contributed by atoms with Gasteiger partial charge in [0, 0.05) is 6.42 Å². The predicted octanol–water partition coefficient (Wildman–Crippen LogP) is 4.53. The van der Waals surface area contributed by atoms with E-state index in [0.29, 0.717) is 17.7 Å². The number of ether oxygens (including phenoxy) is 1. The highest BCUT2D eigenvalue weighted by atomic mass is 19.1. The van der Waals surface area contributed by atoms with Crippen molar-refractivity contribution in [2.75, 3.05) is 0 Å². The Hall–Kier alpha value is -3.00. The third kappa shape index (κ3) is 4.26. The van der Waals surface area contributed by atoms with Crippen LogP contribution in [-0.2, 0) is 11.2 Å². The van der Waals surface area contributed by atoms with E-state index in [2.05, 4.69) is 0 Å². The van der Waals surface area contributed by atoms with Gasteiger partial charge in [0.1, 0.15) is 29.0 Å². The molecule has 0 aliphatic carbocycles. The molecule has 2 aromatic rings. The van der Waals surface area contributed by atoms with Gasteiger partial charge in [-0.15, -0.1) is 0 Å². The average Bonchev–Trinajstić information content (AvgIpc) is 2.55. The van der Waals surface area contributed by atoms with Gasteiger partial charge in [-0.3, -0.25) is 0 Å². The summed E-state index contributed by atoms with van der Waals surface area (Å²) < 4.78 is 32.7. The summed E-state index contributed by atoms with van der Waals surface area (Å²) >= 11 is 0. The molecule has 0 radical (unpaired) electrons. The Morgan fingerprint density at radius 3 is 2.38 bits per heavy atom. The standard InChI is InChI=1S/C19H15F2NO2/c1-2-6-15(24-19(23)14-7-4-3-5-8-14)9-13-10-17(20)16(12-22)18(21)11-13/h3-8,10-11H,2,9H2,1H3. The fraction of sp³-hybridized carbons (Fsp3) is 0.158. The van der Waals surface area contributed by atoms with Crippen LogP contribution in [-0.4, -0.2) is 5.97 Å². The molecule has 0 amide bonds. The molecular formula is C19H15F2NO2. The molecule has 0 saturated heterocycles. The molecule has 0 aromatic heterocycles. The van der Waals surface area contributed by atoms with Gasteiger partial charge in [0.2, 0.25) is 0 Å². The van der Waals surface area contributed by atoms with Crippen LogP contribution >= 0.6 is 0 Å². The Morgan fingerprint density at radius 1 is 1.21 bits per heavy atom. The maximum absolute atomic E-state index is 13.7. The maximum atomic E-state index is 13.7. The van der Waals surface area contributed by atoms with E-state index in [1.54, 1.807) is 36.4 Å². The van der Waals surface area contributed by atoms with Crippen molar-refractivity contribution in [3.8, 4) is 6.07 Å². The normalized spacial score (nSPS) is 11.0. The van der Waals surface area contributed by atoms with Crippen LogP contribution < -0.4 is 0 Å². The molecule has 0 aliphatic heterocycles. The molecule has 0 atom stereocenters. The lowest BCUT2D eigenvalue weighted by molar-refractivity contribution is 0.0617. The second-order valence-electron chi connectivity index (χ2n) is 5.06. The van der Waals surface area contributed by atoms with Gasteiger partial charge >= 0.3 is 5.97 Å². The van der Waals surface area contributed by atoms with E-state index in [-0.39, 0.29) is 12.0 Å². The van der Waals surface area contributed by atoms with Crippen LogP contribution in [0.5, 0.6) is 0 Å². The van der Waals surface area contributed by atoms with Crippen molar-refractivity contribution in [2.45, 2.75) is 19.8 Å². The molecule has 2 rings (SSSR count). The number of nitrogens with zero attached hydrogens (tertiary/aromatic N) is 1. The summed E-state index contributed by atoms with van der Waals surface area (Å²) in [6.45, 7) is 1.86. The molecule has 0 aliphatic rings. The smallest absolute Gasteiger partial charge is 0.343 e. The minimum Gasteiger partial charge on any atom is -0.427 e. The molecule has 0 unspecified atom stereocenters. The predicted molar refractivity (Wildman–Crippen MR) is 85.0 cm³/mol. The Morgan fingerprint density at radius 2 is 1.83 bits per heavy atom. The zero-order chi connectivity index (χ0) is 17.5. The Balaban J connectivity index is 2.20. The summed E-state index contributed by atoms with van der Waals surface area (Å²) in [5, 5.41) is 8.69. The lowest BCUT2D eigenvalue weighted by Gasteiger charge is -2.10. The van der Waals surface area contributed by atoms with E-state index in [1.165, 1.54) is 6.07 Å². The molecule has 0 N–H and O–H groups in total. The monoisotopic (exact) mass is 327 g/mol. The zero-order valence-corrected chi connectivity index (χ0v) is 13.1. The first-order valence-electron chi connectivity index (χ1n) is 7.39. The minimum absolute atomic E-state index is 0.0476. The van der Waals surface area contributed by atoms with E-state index in [1.807, 2.05) is 6.92 Å². The molecule has 2 aromatic carbocycles. The van der Waals surface area contributed by atoms with Crippen LogP contribution in [0.1, 0.15) is 34.8 Å². The lowest BCUT2D eigenvalue weighted by Crippen LogP contribution is -2.07. The van der Waals surface area contributed by atoms with Gasteiger partial charge in [0.05, 0.1) is 5.56 Å². The Labute approximate surface area is 138 Å². The Kier molecular flexibility index (Phi) is 5.80. The van der Waals surface area contributed by atoms with E-state index in [0.717, 1.165) is 12.1 Å².